The number of amides is 1. The van der Waals surface area contributed by atoms with Crippen molar-refractivity contribution < 1.29 is 14.7 Å². The molecule has 0 saturated heterocycles. The lowest BCUT2D eigenvalue weighted by atomic mass is 10.3. The highest BCUT2D eigenvalue weighted by molar-refractivity contribution is 9.11. The first-order valence-corrected chi connectivity index (χ1v) is 5.40. The van der Waals surface area contributed by atoms with Gasteiger partial charge in [-0.3, -0.25) is 4.79 Å². The highest BCUT2D eigenvalue weighted by Gasteiger charge is 2.16. The highest BCUT2D eigenvalue weighted by Crippen LogP contribution is 2.26. The second-order valence-electron chi connectivity index (χ2n) is 2.64. The maximum absolute atomic E-state index is 10.8. The lowest BCUT2D eigenvalue weighted by Crippen LogP contribution is -2.32. The van der Waals surface area contributed by atoms with E-state index in [-0.39, 0.29) is 6.04 Å². The number of hydrogen-bond acceptors (Lipinski definition) is 3. The second-order valence-corrected chi connectivity index (χ2v) is 5.14. The van der Waals surface area contributed by atoms with Gasteiger partial charge in [-0.05, 0) is 35.0 Å². The molecule has 1 rings (SSSR count). The third-order valence-corrected chi connectivity index (χ3v) is 3.37. The third kappa shape index (κ3) is 2.81. The number of halogens is 1. The van der Waals surface area contributed by atoms with Gasteiger partial charge in [0.2, 0.25) is 0 Å². The zero-order valence-electron chi connectivity index (χ0n) is 7.28. The molecule has 0 spiro atoms. The van der Waals surface area contributed by atoms with Gasteiger partial charge < -0.3 is 10.4 Å². The molecule has 1 aromatic rings. The summed E-state index contributed by atoms with van der Waals surface area (Å²) in [4.78, 5) is 22.0. The lowest BCUT2D eigenvalue weighted by Gasteiger charge is -2.09. The van der Waals surface area contributed by atoms with Crippen LogP contribution in [-0.2, 0) is 9.59 Å². The van der Waals surface area contributed by atoms with Gasteiger partial charge in [0.05, 0.1) is 9.83 Å². The van der Waals surface area contributed by atoms with Crippen LogP contribution in [-0.4, -0.2) is 17.0 Å². The van der Waals surface area contributed by atoms with E-state index in [4.69, 9.17) is 5.11 Å². The zero-order valence-corrected chi connectivity index (χ0v) is 9.68. The summed E-state index contributed by atoms with van der Waals surface area (Å²) in [6, 6.07) is 3.40. The average Bonchev–Trinajstić information content (AvgIpc) is 2.51. The molecule has 1 unspecified atom stereocenters. The normalized spacial score (nSPS) is 12.1. The molecule has 0 bridgehead atoms. The Morgan fingerprint density at radius 1 is 1.57 bits per heavy atom. The van der Waals surface area contributed by atoms with Crippen LogP contribution in [0.25, 0.3) is 0 Å². The average molecular weight is 278 g/mol. The van der Waals surface area contributed by atoms with Crippen LogP contribution in [0.5, 0.6) is 0 Å². The number of aliphatic carboxylic acids is 1. The van der Waals surface area contributed by atoms with Crippen molar-refractivity contribution in [3.63, 3.8) is 0 Å². The van der Waals surface area contributed by atoms with E-state index in [1.54, 1.807) is 6.92 Å². The number of thiophene rings is 1. The van der Waals surface area contributed by atoms with E-state index in [2.05, 4.69) is 21.2 Å². The molecule has 0 aromatic carbocycles. The van der Waals surface area contributed by atoms with Crippen molar-refractivity contribution in [1.29, 1.82) is 0 Å². The van der Waals surface area contributed by atoms with Gasteiger partial charge in [-0.2, -0.15) is 0 Å². The molecule has 1 aromatic heterocycles. The van der Waals surface area contributed by atoms with E-state index in [9.17, 15) is 9.59 Å². The fraction of sp³-hybridized carbons (Fsp3) is 0.250. The van der Waals surface area contributed by atoms with Crippen LogP contribution in [0.4, 0.5) is 0 Å². The lowest BCUT2D eigenvalue weighted by molar-refractivity contribution is -0.150. The van der Waals surface area contributed by atoms with Crippen molar-refractivity contribution in [3.8, 4) is 0 Å². The Balaban J connectivity index is 2.63. The van der Waals surface area contributed by atoms with E-state index in [1.165, 1.54) is 11.3 Å². The quantitative estimate of drug-likeness (QED) is 0.810. The van der Waals surface area contributed by atoms with E-state index in [0.717, 1.165) is 8.66 Å². The maximum Gasteiger partial charge on any atom is 0.394 e. The number of carbonyl (C=O) groups excluding carboxylic acids is 1. The fourth-order valence-corrected chi connectivity index (χ4v) is 2.32. The summed E-state index contributed by atoms with van der Waals surface area (Å²) in [7, 11) is 0. The summed E-state index contributed by atoms with van der Waals surface area (Å²) >= 11 is 4.74. The van der Waals surface area contributed by atoms with Crippen LogP contribution >= 0.6 is 27.3 Å². The Bertz CT molecular complexity index is 363. The largest absolute Gasteiger partial charge is 0.474 e. The predicted molar refractivity (Wildman–Crippen MR) is 56.2 cm³/mol. The van der Waals surface area contributed by atoms with E-state index < -0.39 is 11.9 Å². The van der Waals surface area contributed by atoms with Gasteiger partial charge in [-0.15, -0.1) is 11.3 Å². The first-order valence-electron chi connectivity index (χ1n) is 3.79. The monoisotopic (exact) mass is 277 g/mol. The van der Waals surface area contributed by atoms with E-state index in [1.807, 2.05) is 12.1 Å². The van der Waals surface area contributed by atoms with Gasteiger partial charge in [0, 0.05) is 4.88 Å². The van der Waals surface area contributed by atoms with Crippen molar-refractivity contribution in [2.45, 2.75) is 13.0 Å². The molecule has 0 fully saturated rings. The molecule has 1 heterocycles. The van der Waals surface area contributed by atoms with Gasteiger partial charge in [-0.1, -0.05) is 0 Å². The van der Waals surface area contributed by atoms with Gasteiger partial charge in [0.1, 0.15) is 0 Å². The second kappa shape index (κ2) is 4.56. The maximum atomic E-state index is 10.8. The van der Waals surface area contributed by atoms with Crippen molar-refractivity contribution in [2.75, 3.05) is 0 Å². The van der Waals surface area contributed by atoms with Crippen molar-refractivity contribution in [3.05, 3.63) is 20.8 Å². The summed E-state index contributed by atoms with van der Waals surface area (Å²) in [5, 5.41) is 10.7. The van der Waals surface area contributed by atoms with Crippen molar-refractivity contribution in [1.82, 2.24) is 5.32 Å². The van der Waals surface area contributed by atoms with Gasteiger partial charge in [0.25, 0.3) is 0 Å². The fourth-order valence-electron chi connectivity index (χ4n) is 0.891. The van der Waals surface area contributed by atoms with Gasteiger partial charge in [-0.25, -0.2) is 4.79 Å². The molecule has 6 heteroatoms. The van der Waals surface area contributed by atoms with Crippen LogP contribution in [0, 0.1) is 0 Å². The number of rotatable bonds is 2. The molecular formula is C8H8BrNO3S. The topological polar surface area (TPSA) is 66.4 Å². The van der Waals surface area contributed by atoms with Crippen LogP contribution in [0.3, 0.4) is 0 Å². The smallest absolute Gasteiger partial charge is 0.394 e. The number of carbonyl (C=O) groups is 2. The molecule has 2 N–H and O–H groups in total. The minimum atomic E-state index is -1.47. The van der Waals surface area contributed by atoms with Crippen molar-refractivity contribution in [2.24, 2.45) is 0 Å². The molecule has 0 radical (unpaired) electrons. The van der Waals surface area contributed by atoms with Crippen LogP contribution in [0.2, 0.25) is 0 Å². The Hall–Kier alpha value is -0.880. The van der Waals surface area contributed by atoms with Crippen molar-refractivity contribution >= 4 is 39.1 Å². The van der Waals surface area contributed by atoms with E-state index >= 15 is 0 Å². The first-order chi connectivity index (χ1) is 6.50. The number of carboxylic acid groups (broad SMARTS) is 1. The molecular weight excluding hydrogens is 270 g/mol. The number of hydrogen-bond donors (Lipinski definition) is 2. The predicted octanol–water partition coefficient (Wildman–Crippen LogP) is 1.77. The van der Waals surface area contributed by atoms with Crippen LogP contribution in [0.15, 0.2) is 15.9 Å². The minimum absolute atomic E-state index is 0.283. The molecule has 0 aliphatic carbocycles. The summed E-state index contributed by atoms with van der Waals surface area (Å²) in [6.07, 6.45) is 0. The number of nitrogens with one attached hydrogen (secondary N) is 1. The molecule has 0 saturated carbocycles. The summed E-state index contributed by atoms with van der Waals surface area (Å²) in [6.45, 7) is 1.74. The first kappa shape index (κ1) is 11.2. The summed E-state index contributed by atoms with van der Waals surface area (Å²) < 4.78 is 0.948. The molecule has 14 heavy (non-hydrogen) atoms. The van der Waals surface area contributed by atoms with E-state index in [0.29, 0.717) is 0 Å². The zero-order chi connectivity index (χ0) is 10.7. The molecule has 76 valence electrons. The Labute approximate surface area is 93.1 Å². The summed E-state index contributed by atoms with van der Waals surface area (Å²) in [5.41, 5.74) is 0. The molecule has 1 atom stereocenters. The molecule has 0 aliphatic heterocycles. The van der Waals surface area contributed by atoms with Crippen LogP contribution < -0.4 is 5.32 Å². The van der Waals surface area contributed by atoms with Gasteiger partial charge in [0.15, 0.2) is 0 Å². The van der Waals surface area contributed by atoms with Gasteiger partial charge >= 0.3 is 11.9 Å². The highest BCUT2D eigenvalue weighted by atomic mass is 79.9. The Morgan fingerprint density at radius 3 is 2.64 bits per heavy atom. The third-order valence-electron chi connectivity index (χ3n) is 1.56. The Kier molecular flexibility index (Phi) is 3.65. The standard InChI is InChI=1S/C8H8BrNO3S/c1-4(10-7(11)8(12)13)5-2-3-6(9)14-5/h2-4H,1H3,(H,10,11)(H,12,13). The molecule has 1 amide bonds. The summed E-state index contributed by atoms with van der Waals surface area (Å²) in [5.74, 6) is -2.45. The minimum Gasteiger partial charge on any atom is -0.474 e. The SMILES string of the molecule is CC(NC(=O)C(=O)O)c1ccc(Br)s1. The van der Waals surface area contributed by atoms with Crippen LogP contribution in [0.1, 0.15) is 17.8 Å². The molecule has 4 nitrogen and oxygen atoms in total. The number of carboxylic acids is 1. The molecule has 0 aliphatic rings. The Morgan fingerprint density at radius 2 is 2.21 bits per heavy atom.